The SMILES string of the molecule is Cc1ccc(Sc2c(C)cccc2CNC(=O)OCC2c3ccccc3-c3ccccc32)c(C=O)c1. The van der Waals surface area contributed by atoms with E-state index in [1.54, 1.807) is 11.8 Å². The average molecular weight is 494 g/mol. The highest BCUT2D eigenvalue weighted by atomic mass is 32.2. The van der Waals surface area contributed by atoms with Gasteiger partial charge in [0, 0.05) is 27.8 Å². The van der Waals surface area contributed by atoms with E-state index < -0.39 is 6.09 Å². The summed E-state index contributed by atoms with van der Waals surface area (Å²) in [5.41, 5.74) is 8.56. The highest BCUT2D eigenvalue weighted by molar-refractivity contribution is 7.99. The third-order valence-corrected chi connectivity index (χ3v) is 7.94. The van der Waals surface area contributed by atoms with Crippen LogP contribution < -0.4 is 5.32 Å². The Morgan fingerprint density at radius 2 is 1.61 bits per heavy atom. The Kier molecular flexibility index (Phi) is 6.92. The predicted molar refractivity (Wildman–Crippen MR) is 144 cm³/mol. The molecule has 0 spiro atoms. The first-order valence-corrected chi connectivity index (χ1v) is 12.8. The summed E-state index contributed by atoms with van der Waals surface area (Å²) >= 11 is 1.55. The van der Waals surface area contributed by atoms with Crippen LogP contribution >= 0.6 is 11.8 Å². The minimum absolute atomic E-state index is 0.0246. The van der Waals surface area contributed by atoms with E-state index in [1.807, 2.05) is 74.5 Å². The van der Waals surface area contributed by atoms with Gasteiger partial charge in [-0.05, 0) is 59.4 Å². The molecule has 0 unspecified atom stereocenters. The lowest BCUT2D eigenvalue weighted by atomic mass is 9.98. The number of ether oxygens (including phenoxy) is 1. The molecule has 0 fully saturated rings. The summed E-state index contributed by atoms with van der Waals surface area (Å²) in [7, 11) is 0. The van der Waals surface area contributed by atoms with E-state index in [-0.39, 0.29) is 12.5 Å². The average Bonchev–Trinajstić information content (AvgIpc) is 3.22. The topological polar surface area (TPSA) is 55.4 Å². The molecule has 36 heavy (non-hydrogen) atoms. The number of hydrogen-bond acceptors (Lipinski definition) is 4. The van der Waals surface area contributed by atoms with E-state index in [0.29, 0.717) is 12.1 Å². The molecule has 0 saturated carbocycles. The summed E-state index contributed by atoms with van der Waals surface area (Å²) in [6.07, 6.45) is 0.445. The fourth-order valence-electron chi connectivity index (χ4n) is 4.78. The van der Waals surface area contributed by atoms with Crippen molar-refractivity contribution in [3.63, 3.8) is 0 Å². The largest absolute Gasteiger partial charge is 0.449 e. The van der Waals surface area contributed by atoms with Crippen LogP contribution in [0.25, 0.3) is 11.1 Å². The van der Waals surface area contributed by atoms with E-state index in [9.17, 15) is 9.59 Å². The van der Waals surface area contributed by atoms with Gasteiger partial charge in [0.05, 0.1) is 0 Å². The van der Waals surface area contributed by atoms with Crippen molar-refractivity contribution in [1.29, 1.82) is 0 Å². The van der Waals surface area contributed by atoms with Crippen molar-refractivity contribution in [2.75, 3.05) is 6.61 Å². The smallest absolute Gasteiger partial charge is 0.407 e. The number of nitrogens with one attached hydrogen (secondary N) is 1. The second-order valence-corrected chi connectivity index (χ2v) is 10.1. The van der Waals surface area contributed by atoms with Gasteiger partial charge in [-0.2, -0.15) is 0 Å². The fraction of sp³-hybridized carbons (Fsp3) is 0.161. The minimum atomic E-state index is -0.446. The third kappa shape index (κ3) is 4.79. The molecular formula is C31H27NO3S. The summed E-state index contributed by atoms with van der Waals surface area (Å²) in [6, 6.07) is 28.5. The number of aryl methyl sites for hydroxylation is 2. The maximum Gasteiger partial charge on any atom is 0.407 e. The number of aldehydes is 1. The van der Waals surface area contributed by atoms with Crippen molar-refractivity contribution >= 4 is 24.1 Å². The van der Waals surface area contributed by atoms with Crippen LogP contribution in [0.3, 0.4) is 0 Å². The molecule has 180 valence electrons. The summed E-state index contributed by atoms with van der Waals surface area (Å²) in [4.78, 5) is 26.2. The van der Waals surface area contributed by atoms with Crippen LogP contribution in [0.5, 0.6) is 0 Å². The van der Waals surface area contributed by atoms with Gasteiger partial charge in [-0.15, -0.1) is 0 Å². The second kappa shape index (κ2) is 10.4. The van der Waals surface area contributed by atoms with Crippen molar-refractivity contribution in [2.45, 2.75) is 36.1 Å². The van der Waals surface area contributed by atoms with Crippen molar-refractivity contribution in [1.82, 2.24) is 5.32 Å². The van der Waals surface area contributed by atoms with Gasteiger partial charge >= 0.3 is 6.09 Å². The van der Waals surface area contributed by atoms with Gasteiger partial charge in [-0.1, -0.05) is 90.1 Å². The van der Waals surface area contributed by atoms with Crippen LogP contribution in [-0.4, -0.2) is 19.0 Å². The van der Waals surface area contributed by atoms with E-state index in [2.05, 4.69) is 29.6 Å². The van der Waals surface area contributed by atoms with Gasteiger partial charge in [0.1, 0.15) is 6.61 Å². The van der Waals surface area contributed by atoms with Crippen molar-refractivity contribution in [3.8, 4) is 11.1 Å². The fourth-order valence-corrected chi connectivity index (χ4v) is 5.86. The zero-order chi connectivity index (χ0) is 25.1. The summed E-state index contributed by atoms with van der Waals surface area (Å²) in [5, 5.41) is 2.92. The van der Waals surface area contributed by atoms with Gasteiger partial charge in [0.15, 0.2) is 6.29 Å². The Morgan fingerprint density at radius 1 is 0.917 bits per heavy atom. The van der Waals surface area contributed by atoms with Crippen molar-refractivity contribution in [2.24, 2.45) is 0 Å². The number of carbonyl (C=O) groups excluding carboxylic acids is 2. The van der Waals surface area contributed by atoms with Crippen LogP contribution in [0.1, 0.15) is 44.1 Å². The summed E-state index contributed by atoms with van der Waals surface area (Å²) in [6.45, 7) is 4.62. The van der Waals surface area contributed by atoms with Crippen molar-refractivity contribution in [3.05, 3.63) is 118 Å². The molecular weight excluding hydrogens is 466 g/mol. The first-order valence-electron chi connectivity index (χ1n) is 12.0. The molecule has 5 rings (SSSR count). The van der Waals surface area contributed by atoms with Crippen LogP contribution in [-0.2, 0) is 11.3 Å². The molecule has 4 nitrogen and oxygen atoms in total. The lowest BCUT2D eigenvalue weighted by Crippen LogP contribution is -2.26. The first kappa shape index (κ1) is 23.9. The molecule has 0 heterocycles. The molecule has 0 bridgehead atoms. The molecule has 0 atom stereocenters. The maximum atomic E-state index is 12.7. The highest BCUT2D eigenvalue weighted by Gasteiger charge is 2.29. The predicted octanol–water partition coefficient (Wildman–Crippen LogP) is 7.31. The first-order chi connectivity index (χ1) is 17.5. The monoisotopic (exact) mass is 493 g/mol. The number of hydrogen-bond donors (Lipinski definition) is 1. The minimum Gasteiger partial charge on any atom is -0.449 e. The van der Waals surface area contributed by atoms with Crippen molar-refractivity contribution < 1.29 is 14.3 Å². The van der Waals surface area contributed by atoms with Gasteiger partial charge in [0.25, 0.3) is 0 Å². The Morgan fingerprint density at radius 3 is 2.31 bits per heavy atom. The lowest BCUT2D eigenvalue weighted by Gasteiger charge is -2.16. The van der Waals surface area contributed by atoms with Gasteiger partial charge in [-0.3, -0.25) is 4.79 Å². The quantitative estimate of drug-likeness (QED) is 0.274. The summed E-state index contributed by atoms with van der Waals surface area (Å²) < 4.78 is 5.70. The van der Waals surface area contributed by atoms with Crippen LogP contribution in [0.2, 0.25) is 0 Å². The molecule has 1 N–H and O–H groups in total. The molecule has 4 aromatic rings. The van der Waals surface area contributed by atoms with E-state index in [1.165, 1.54) is 22.3 Å². The van der Waals surface area contributed by atoms with E-state index in [4.69, 9.17) is 4.74 Å². The molecule has 1 amide bonds. The molecule has 0 saturated heterocycles. The van der Waals surface area contributed by atoms with Crippen LogP contribution in [0.15, 0.2) is 94.7 Å². The second-order valence-electron chi connectivity index (χ2n) is 9.00. The third-order valence-electron chi connectivity index (χ3n) is 6.56. The van der Waals surface area contributed by atoms with Gasteiger partial charge in [-0.25, -0.2) is 4.79 Å². The molecule has 0 aliphatic heterocycles. The standard InChI is InChI=1S/C31H27NO3S/c1-20-14-15-29(23(16-20)18-33)36-30-21(2)8-7-9-22(30)17-32-31(34)35-19-28-26-12-5-3-10-24(26)25-11-4-6-13-27(25)28/h3-16,18,28H,17,19H2,1-2H3,(H,32,34). The number of fused-ring (bicyclic) bond motifs is 3. The molecule has 4 aromatic carbocycles. The van der Waals surface area contributed by atoms with Gasteiger partial charge < -0.3 is 10.1 Å². The molecule has 1 aliphatic rings. The number of benzene rings is 4. The number of carbonyl (C=O) groups is 2. The highest BCUT2D eigenvalue weighted by Crippen LogP contribution is 2.44. The zero-order valence-electron chi connectivity index (χ0n) is 20.3. The lowest BCUT2D eigenvalue weighted by molar-refractivity contribution is 0.112. The van der Waals surface area contributed by atoms with Gasteiger partial charge in [0.2, 0.25) is 0 Å². The Balaban J connectivity index is 1.27. The van der Waals surface area contributed by atoms with E-state index in [0.717, 1.165) is 32.8 Å². The molecule has 1 aliphatic carbocycles. The van der Waals surface area contributed by atoms with Crippen LogP contribution in [0, 0.1) is 13.8 Å². The number of amides is 1. The number of alkyl carbamates (subject to hydrolysis) is 1. The molecule has 5 heteroatoms. The Bertz CT molecular complexity index is 1400. The van der Waals surface area contributed by atoms with E-state index >= 15 is 0 Å². The maximum absolute atomic E-state index is 12.7. The Hall–Kier alpha value is -3.83. The Labute approximate surface area is 215 Å². The normalized spacial score (nSPS) is 12.1. The number of rotatable bonds is 7. The zero-order valence-corrected chi connectivity index (χ0v) is 21.1. The summed E-state index contributed by atoms with van der Waals surface area (Å²) in [5.74, 6) is 0.0246. The van der Waals surface area contributed by atoms with Crippen LogP contribution in [0.4, 0.5) is 4.79 Å². The molecule has 0 radical (unpaired) electrons. The molecule has 0 aromatic heterocycles.